The summed E-state index contributed by atoms with van der Waals surface area (Å²) in [5, 5.41) is 0. The van der Waals surface area contributed by atoms with E-state index in [1.807, 2.05) is 24.3 Å². The Morgan fingerprint density at radius 1 is 1.21 bits per heavy atom. The number of nitrogens with one attached hydrogen (secondary N) is 2. The smallest absolute Gasteiger partial charge is 0.117 e. The third-order valence-electron chi connectivity index (χ3n) is 2.44. The van der Waals surface area contributed by atoms with Gasteiger partial charge in [-0.3, -0.25) is 0 Å². The Morgan fingerprint density at radius 2 is 1.93 bits per heavy atom. The lowest BCUT2D eigenvalue weighted by atomic mass is 9.91. The van der Waals surface area contributed by atoms with E-state index in [0.29, 0.717) is 6.42 Å². The minimum Gasteiger partial charge on any atom is -0.321 e. The maximum atomic E-state index is 12.8. The highest BCUT2D eigenvalue weighted by Gasteiger charge is 2.30. The summed E-state index contributed by atoms with van der Waals surface area (Å²) in [6, 6.07) is 7.72. The van der Waals surface area contributed by atoms with E-state index in [1.165, 1.54) is 0 Å². The van der Waals surface area contributed by atoms with Crippen molar-refractivity contribution in [2.75, 3.05) is 5.43 Å². The van der Waals surface area contributed by atoms with Gasteiger partial charge in [-0.05, 0) is 37.1 Å². The summed E-state index contributed by atoms with van der Waals surface area (Å²) in [4.78, 5) is 0. The van der Waals surface area contributed by atoms with Crippen molar-refractivity contribution in [2.24, 2.45) is 0 Å². The summed E-state index contributed by atoms with van der Waals surface area (Å²) in [7, 11) is 0. The fourth-order valence-corrected chi connectivity index (χ4v) is 1.60. The van der Waals surface area contributed by atoms with Crippen LogP contribution in [0.25, 0.3) is 0 Å². The van der Waals surface area contributed by atoms with Crippen molar-refractivity contribution in [3.05, 3.63) is 28.7 Å². The van der Waals surface area contributed by atoms with Crippen LogP contribution in [-0.4, -0.2) is 12.2 Å². The molecule has 1 aliphatic carbocycles. The molecular formula is C10H12BrFN2. The van der Waals surface area contributed by atoms with Crippen molar-refractivity contribution in [1.82, 2.24) is 5.43 Å². The Kier molecular flexibility index (Phi) is 3.03. The molecule has 2 rings (SSSR count). The lowest BCUT2D eigenvalue weighted by Crippen LogP contribution is -2.47. The summed E-state index contributed by atoms with van der Waals surface area (Å²) in [6.45, 7) is 0. The van der Waals surface area contributed by atoms with Gasteiger partial charge in [-0.1, -0.05) is 15.9 Å². The maximum absolute atomic E-state index is 12.8. The number of benzene rings is 1. The normalized spacial score (nSPS) is 25.6. The van der Waals surface area contributed by atoms with Gasteiger partial charge in [0.1, 0.15) is 6.17 Å². The van der Waals surface area contributed by atoms with Crippen LogP contribution in [0.1, 0.15) is 12.8 Å². The Bertz CT molecular complexity index is 301. The number of anilines is 1. The van der Waals surface area contributed by atoms with Crippen molar-refractivity contribution in [2.45, 2.75) is 25.1 Å². The zero-order chi connectivity index (χ0) is 9.97. The van der Waals surface area contributed by atoms with Crippen LogP contribution in [0.15, 0.2) is 28.7 Å². The Morgan fingerprint density at radius 3 is 2.43 bits per heavy atom. The van der Waals surface area contributed by atoms with Crippen LogP contribution in [0.5, 0.6) is 0 Å². The minimum atomic E-state index is -0.696. The molecule has 1 aromatic carbocycles. The molecule has 0 saturated heterocycles. The van der Waals surface area contributed by atoms with Crippen molar-refractivity contribution in [1.29, 1.82) is 0 Å². The van der Waals surface area contributed by atoms with Crippen LogP contribution in [0.4, 0.5) is 10.1 Å². The highest BCUT2D eigenvalue weighted by molar-refractivity contribution is 9.10. The molecular weight excluding hydrogens is 247 g/mol. The summed E-state index contributed by atoms with van der Waals surface area (Å²) in [5.41, 5.74) is 6.91. The zero-order valence-corrected chi connectivity index (χ0v) is 9.22. The Labute approximate surface area is 91.0 Å². The molecule has 0 aromatic heterocycles. The Balaban J connectivity index is 1.83. The van der Waals surface area contributed by atoms with E-state index in [2.05, 4.69) is 26.8 Å². The molecule has 2 unspecified atom stereocenters. The van der Waals surface area contributed by atoms with Gasteiger partial charge in [0.15, 0.2) is 0 Å². The maximum Gasteiger partial charge on any atom is 0.117 e. The van der Waals surface area contributed by atoms with Gasteiger partial charge in [0.2, 0.25) is 0 Å². The molecule has 0 aliphatic heterocycles. The van der Waals surface area contributed by atoms with Gasteiger partial charge < -0.3 is 5.43 Å². The molecule has 0 radical (unpaired) electrons. The van der Waals surface area contributed by atoms with E-state index >= 15 is 0 Å². The summed E-state index contributed by atoms with van der Waals surface area (Å²) < 4.78 is 13.9. The number of hydrogen-bond donors (Lipinski definition) is 2. The molecule has 1 aliphatic rings. The van der Waals surface area contributed by atoms with Gasteiger partial charge >= 0.3 is 0 Å². The molecule has 2 N–H and O–H groups in total. The predicted octanol–water partition coefficient (Wildman–Crippen LogP) is 2.87. The van der Waals surface area contributed by atoms with Crippen LogP contribution in [-0.2, 0) is 0 Å². The van der Waals surface area contributed by atoms with E-state index in [-0.39, 0.29) is 6.04 Å². The van der Waals surface area contributed by atoms with Gasteiger partial charge in [0.25, 0.3) is 0 Å². The quantitative estimate of drug-likeness (QED) is 0.815. The van der Waals surface area contributed by atoms with Crippen molar-refractivity contribution in [3.63, 3.8) is 0 Å². The highest BCUT2D eigenvalue weighted by atomic mass is 79.9. The molecule has 0 spiro atoms. The first-order chi connectivity index (χ1) is 6.75. The minimum absolute atomic E-state index is 0.0290. The van der Waals surface area contributed by atoms with Gasteiger partial charge in [0.05, 0.1) is 6.04 Å². The molecule has 76 valence electrons. The second kappa shape index (κ2) is 4.28. The molecule has 1 fully saturated rings. The Hall–Kier alpha value is -0.610. The first-order valence-electron chi connectivity index (χ1n) is 4.67. The van der Waals surface area contributed by atoms with E-state index < -0.39 is 6.17 Å². The number of alkyl halides is 1. The summed E-state index contributed by atoms with van der Waals surface area (Å²) in [5.74, 6) is 0. The summed E-state index contributed by atoms with van der Waals surface area (Å²) in [6.07, 6.45) is 0.891. The van der Waals surface area contributed by atoms with E-state index in [1.54, 1.807) is 0 Å². The molecule has 1 aromatic rings. The van der Waals surface area contributed by atoms with Crippen molar-refractivity contribution < 1.29 is 4.39 Å². The van der Waals surface area contributed by atoms with E-state index in [0.717, 1.165) is 16.6 Å². The predicted molar refractivity (Wildman–Crippen MR) is 58.8 cm³/mol. The number of rotatable bonds is 3. The number of hydrogen-bond acceptors (Lipinski definition) is 2. The summed E-state index contributed by atoms with van der Waals surface area (Å²) >= 11 is 3.35. The largest absolute Gasteiger partial charge is 0.321 e. The third kappa shape index (κ3) is 2.25. The van der Waals surface area contributed by atoms with Crippen molar-refractivity contribution >= 4 is 21.6 Å². The molecule has 0 bridgehead atoms. The monoisotopic (exact) mass is 258 g/mol. The van der Waals surface area contributed by atoms with Crippen LogP contribution in [0.3, 0.4) is 0 Å². The van der Waals surface area contributed by atoms with Crippen LogP contribution >= 0.6 is 15.9 Å². The average molecular weight is 259 g/mol. The molecule has 4 heteroatoms. The molecule has 14 heavy (non-hydrogen) atoms. The second-order valence-electron chi connectivity index (χ2n) is 3.48. The second-order valence-corrected chi connectivity index (χ2v) is 4.39. The molecule has 1 saturated carbocycles. The standard InChI is InChI=1S/C10H12BrFN2/c11-7-1-3-8(4-2-7)13-14-10-6-5-9(10)12/h1-4,9-10,13-14H,5-6H2. The molecule has 2 atom stereocenters. The highest BCUT2D eigenvalue weighted by Crippen LogP contribution is 2.23. The van der Waals surface area contributed by atoms with Gasteiger partial charge in [-0.25, -0.2) is 9.82 Å². The zero-order valence-electron chi connectivity index (χ0n) is 7.63. The SMILES string of the molecule is FC1CCC1NNc1ccc(Br)cc1. The average Bonchev–Trinajstić information content (AvgIpc) is 2.19. The molecule has 2 nitrogen and oxygen atoms in total. The fourth-order valence-electron chi connectivity index (χ4n) is 1.33. The first kappa shape index (κ1) is 9.93. The topological polar surface area (TPSA) is 24.1 Å². The molecule has 0 amide bonds. The number of halogens is 2. The van der Waals surface area contributed by atoms with Crippen LogP contribution in [0.2, 0.25) is 0 Å². The van der Waals surface area contributed by atoms with Gasteiger partial charge in [0, 0.05) is 10.2 Å². The van der Waals surface area contributed by atoms with Crippen LogP contribution in [0, 0.1) is 0 Å². The van der Waals surface area contributed by atoms with Crippen molar-refractivity contribution in [3.8, 4) is 0 Å². The molecule has 0 heterocycles. The van der Waals surface area contributed by atoms with E-state index in [4.69, 9.17) is 0 Å². The van der Waals surface area contributed by atoms with Crippen LogP contribution < -0.4 is 10.9 Å². The van der Waals surface area contributed by atoms with E-state index in [9.17, 15) is 4.39 Å². The fraction of sp³-hybridized carbons (Fsp3) is 0.400. The number of hydrazine groups is 1. The lowest BCUT2D eigenvalue weighted by Gasteiger charge is -2.31. The van der Waals surface area contributed by atoms with Gasteiger partial charge in [-0.15, -0.1) is 0 Å². The first-order valence-corrected chi connectivity index (χ1v) is 5.46. The third-order valence-corrected chi connectivity index (χ3v) is 2.96. The van der Waals surface area contributed by atoms with Gasteiger partial charge in [-0.2, -0.15) is 0 Å². The lowest BCUT2D eigenvalue weighted by molar-refractivity contribution is 0.149.